The van der Waals surface area contributed by atoms with Crippen molar-refractivity contribution in [2.45, 2.75) is 19.5 Å². The van der Waals surface area contributed by atoms with Crippen molar-refractivity contribution in [3.05, 3.63) is 42.2 Å². The number of aromatic nitrogens is 4. The maximum absolute atomic E-state index is 12.0. The number of carbonyl (C=O) groups is 1. The molecule has 0 fully saturated rings. The average molecular weight is 245 g/mol. The zero-order chi connectivity index (χ0) is 13.0. The molecule has 0 aliphatic heterocycles. The van der Waals surface area contributed by atoms with Crippen molar-refractivity contribution in [1.29, 1.82) is 0 Å². The molecule has 2 aromatic rings. The van der Waals surface area contributed by atoms with Crippen LogP contribution in [0.5, 0.6) is 0 Å². The van der Waals surface area contributed by atoms with Crippen LogP contribution in [0.3, 0.4) is 0 Å². The smallest absolute Gasteiger partial charge is 0.244 e. The van der Waals surface area contributed by atoms with Gasteiger partial charge in [0.15, 0.2) is 0 Å². The van der Waals surface area contributed by atoms with E-state index in [2.05, 4.69) is 15.5 Å². The average Bonchev–Trinajstić information content (AvgIpc) is 2.91. The highest BCUT2D eigenvalue weighted by atomic mass is 16.2. The highest BCUT2D eigenvalue weighted by molar-refractivity contribution is 5.76. The summed E-state index contributed by atoms with van der Waals surface area (Å²) in [5.41, 5.74) is 1.10. The molecule has 1 heterocycles. The van der Waals surface area contributed by atoms with Gasteiger partial charge < -0.3 is 4.90 Å². The molecule has 1 atom stereocenters. The van der Waals surface area contributed by atoms with Crippen LogP contribution < -0.4 is 0 Å². The van der Waals surface area contributed by atoms with Crippen LogP contribution in [0.25, 0.3) is 0 Å². The molecule has 0 saturated carbocycles. The molecule has 1 aromatic carbocycles. The molecule has 6 heteroatoms. The second kappa shape index (κ2) is 5.39. The zero-order valence-corrected chi connectivity index (χ0v) is 10.4. The monoisotopic (exact) mass is 245 g/mol. The van der Waals surface area contributed by atoms with Gasteiger partial charge in [0, 0.05) is 7.05 Å². The van der Waals surface area contributed by atoms with Crippen LogP contribution in [-0.4, -0.2) is 38.1 Å². The summed E-state index contributed by atoms with van der Waals surface area (Å²) in [5.74, 6) is -0.0290. The first-order valence-electron chi connectivity index (χ1n) is 5.70. The third-order valence-corrected chi connectivity index (χ3v) is 2.95. The first-order chi connectivity index (χ1) is 8.68. The van der Waals surface area contributed by atoms with Gasteiger partial charge in [-0.3, -0.25) is 4.79 Å². The first kappa shape index (κ1) is 12.2. The lowest BCUT2D eigenvalue weighted by molar-refractivity contribution is -0.132. The van der Waals surface area contributed by atoms with Crippen molar-refractivity contribution >= 4 is 5.91 Å². The second-order valence-electron chi connectivity index (χ2n) is 4.10. The summed E-state index contributed by atoms with van der Waals surface area (Å²) in [7, 11) is 1.78. The fraction of sp³-hybridized carbons (Fsp3) is 0.333. The Hall–Kier alpha value is -2.24. The van der Waals surface area contributed by atoms with E-state index in [1.54, 1.807) is 11.9 Å². The Labute approximate surface area is 105 Å². The predicted octanol–water partition coefficient (Wildman–Crippen LogP) is 0.893. The Kier molecular flexibility index (Phi) is 3.66. The predicted molar refractivity (Wildman–Crippen MR) is 65.4 cm³/mol. The van der Waals surface area contributed by atoms with Crippen molar-refractivity contribution in [3.63, 3.8) is 0 Å². The molecule has 0 saturated heterocycles. The first-order valence-corrected chi connectivity index (χ1v) is 5.70. The van der Waals surface area contributed by atoms with E-state index < -0.39 is 0 Å². The van der Waals surface area contributed by atoms with E-state index in [-0.39, 0.29) is 18.5 Å². The van der Waals surface area contributed by atoms with Crippen LogP contribution in [0.1, 0.15) is 18.5 Å². The fourth-order valence-electron chi connectivity index (χ4n) is 1.67. The standard InChI is InChI=1S/C12H15N5O/c1-10(11-6-4-3-5-7-11)16(2)12(18)8-17-9-13-14-15-17/h3-7,9-10H,8H2,1-2H3. The van der Waals surface area contributed by atoms with Crippen LogP contribution >= 0.6 is 0 Å². The van der Waals surface area contributed by atoms with Gasteiger partial charge in [-0.05, 0) is 22.9 Å². The Morgan fingerprint density at radius 3 is 2.72 bits per heavy atom. The van der Waals surface area contributed by atoms with E-state index in [9.17, 15) is 4.79 Å². The summed E-state index contributed by atoms with van der Waals surface area (Å²) in [6.45, 7) is 2.15. The normalized spacial score (nSPS) is 12.1. The van der Waals surface area contributed by atoms with Gasteiger partial charge in [0.25, 0.3) is 0 Å². The molecule has 2 rings (SSSR count). The largest absolute Gasteiger partial charge is 0.337 e. The minimum absolute atomic E-state index is 0.0233. The third kappa shape index (κ3) is 2.71. The molecule has 0 radical (unpaired) electrons. The highest BCUT2D eigenvalue weighted by Gasteiger charge is 2.17. The molecule has 94 valence electrons. The summed E-state index contributed by atoms with van der Waals surface area (Å²) in [6, 6.07) is 9.92. The molecule has 1 unspecified atom stereocenters. The van der Waals surface area contributed by atoms with Crippen LogP contribution in [0.4, 0.5) is 0 Å². The topological polar surface area (TPSA) is 63.9 Å². The Balaban J connectivity index is 2.02. The molecule has 1 aromatic heterocycles. The number of carbonyl (C=O) groups excluding carboxylic acids is 1. The van der Waals surface area contributed by atoms with Gasteiger partial charge in [0.1, 0.15) is 12.9 Å². The number of amides is 1. The summed E-state index contributed by atoms with van der Waals surface area (Å²) in [4.78, 5) is 13.7. The molecule has 0 bridgehead atoms. The van der Waals surface area contributed by atoms with Gasteiger partial charge in [0.05, 0.1) is 6.04 Å². The Bertz CT molecular complexity index is 496. The molecule has 0 N–H and O–H groups in total. The van der Waals surface area contributed by atoms with Crippen LogP contribution in [0, 0.1) is 0 Å². The summed E-state index contributed by atoms with van der Waals surface area (Å²) >= 11 is 0. The molecule has 0 aliphatic carbocycles. The van der Waals surface area contributed by atoms with Gasteiger partial charge >= 0.3 is 0 Å². The number of hydrogen-bond acceptors (Lipinski definition) is 4. The quantitative estimate of drug-likeness (QED) is 0.802. The molecule has 6 nitrogen and oxygen atoms in total. The highest BCUT2D eigenvalue weighted by Crippen LogP contribution is 2.18. The van der Waals surface area contributed by atoms with Gasteiger partial charge in [0.2, 0.25) is 5.91 Å². The number of hydrogen-bond donors (Lipinski definition) is 0. The lowest BCUT2D eigenvalue weighted by Gasteiger charge is -2.25. The van der Waals surface area contributed by atoms with Crippen molar-refractivity contribution < 1.29 is 4.79 Å². The molecule has 0 aliphatic rings. The summed E-state index contributed by atoms with van der Waals surface area (Å²) < 4.78 is 1.41. The summed E-state index contributed by atoms with van der Waals surface area (Å²) in [6.07, 6.45) is 1.43. The van der Waals surface area contributed by atoms with E-state index in [0.29, 0.717) is 0 Å². The maximum atomic E-state index is 12.0. The van der Waals surface area contributed by atoms with E-state index in [0.717, 1.165) is 5.56 Å². The molecule has 18 heavy (non-hydrogen) atoms. The van der Waals surface area contributed by atoms with Crippen LogP contribution in [0.2, 0.25) is 0 Å². The van der Waals surface area contributed by atoms with Crippen LogP contribution in [0.15, 0.2) is 36.7 Å². The zero-order valence-electron chi connectivity index (χ0n) is 10.4. The van der Waals surface area contributed by atoms with E-state index in [1.807, 2.05) is 37.3 Å². The lowest BCUT2D eigenvalue weighted by atomic mass is 10.1. The number of likely N-dealkylation sites (N-methyl/N-ethyl adjacent to an activating group) is 1. The van der Waals surface area contributed by atoms with E-state index in [1.165, 1.54) is 11.0 Å². The van der Waals surface area contributed by atoms with E-state index >= 15 is 0 Å². The Morgan fingerprint density at radius 1 is 1.39 bits per heavy atom. The van der Waals surface area contributed by atoms with Gasteiger partial charge in [-0.1, -0.05) is 30.3 Å². The van der Waals surface area contributed by atoms with Crippen molar-refractivity contribution in [1.82, 2.24) is 25.1 Å². The SMILES string of the molecule is CC(c1ccccc1)N(C)C(=O)Cn1cnnn1. The minimum Gasteiger partial charge on any atom is -0.337 e. The molecular weight excluding hydrogens is 230 g/mol. The number of nitrogens with zero attached hydrogens (tertiary/aromatic N) is 5. The van der Waals surface area contributed by atoms with Gasteiger partial charge in [-0.25, -0.2) is 4.68 Å². The maximum Gasteiger partial charge on any atom is 0.244 e. The molecule has 0 spiro atoms. The number of benzene rings is 1. The minimum atomic E-state index is -0.0290. The van der Waals surface area contributed by atoms with Gasteiger partial charge in [-0.15, -0.1) is 5.10 Å². The summed E-state index contributed by atoms with van der Waals surface area (Å²) in [5, 5.41) is 10.7. The van der Waals surface area contributed by atoms with E-state index in [4.69, 9.17) is 0 Å². The second-order valence-corrected chi connectivity index (χ2v) is 4.10. The van der Waals surface area contributed by atoms with Crippen LogP contribution in [-0.2, 0) is 11.3 Å². The lowest BCUT2D eigenvalue weighted by Crippen LogP contribution is -2.32. The molecule has 1 amide bonds. The van der Waals surface area contributed by atoms with Gasteiger partial charge in [-0.2, -0.15) is 0 Å². The van der Waals surface area contributed by atoms with Crippen molar-refractivity contribution in [3.8, 4) is 0 Å². The number of rotatable bonds is 4. The third-order valence-electron chi connectivity index (χ3n) is 2.95. The van der Waals surface area contributed by atoms with Crippen molar-refractivity contribution in [2.24, 2.45) is 0 Å². The van der Waals surface area contributed by atoms with Crippen molar-refractivity contribution in [2.75, 3.05) is 7.05 Å². The Morgan fingerprint density at radius 2 is 2.11 bits per heavy atom. The molecular formula is C12H15N5O. The fourth-order valence-corrected chi connectivity index (χ4v) is 1.67. The number of tetrazole rings is 1.